The van der Waals surface area contributed by atoms with Gasteiger partial charge in [0.1, 0.15) is 0 Å². The average molecular weight is 302 g/mol. The molecule has 0 spiro atoms. The summed E-state index contributed by atoms with van der Waals surface area (Å²) in [6.07, 6.45) is 2.76. The fraction of sp³-hybridized carbons (Fsp3) is 0.529. The molecule has 2 aliphatic rings. The van der Waals surface area contributed by atoms with Gasteiger partial charge in [-0.2, -0.15) is 0 Å². The van der Waals surface area contributed by atoms with Crippen molar-refractivity contribution < 1.29 is 4.79 Å². The molecular weight excluding hydrogens is 280 g/mol. The highest BCUT2D eigenvalue weighted by atomic mass is 32.1. The molecule has 112 valence electrons. The summed E-state index contributed by atoms with van der Waals surface area (Å²) in [5.74, 6) is 0.915. The fourth-order valence-electron chi connectivity index (χ4n) is 3.24. The van der Waals surface area contributed by atoms with Gasteiger partial charge in [-0.1, -0.05) is 49.5 Å². The van der Waals surface area contributed by atoms with Crippen LogP contribution in [-0.2, 0) is 4.79 Å². The Bertz CT molecular complexity index is 549. The summed E-state index contributed by atoms with van der Waals surface area (Å²) < 4.78 is 0. The second kappa shape index (κ2) is 5.41. The van der Waals surface area contributed by atoms with Crippen LogP contribution in [0.3, 0.4) is 0 Å². The van der Waals surface area contributed by atoms with Gasteiger partial charge in [0.2, 0.25) is 5.91 Å². The quantitative estimate of drug-likeness (QED) is 0.873. The van der Waals surface area contributed by atoms with Gasteiger partial charge in [0.15, 0.2) is 0 Å². The molecule has 2 unspecified atom stereocenters. The lowest BCUT2D eigenvalue weighted by atomic mass is 9.80. The van der Waals surface area contributed by atoms with Crippen molar-refractivity contribution in [1.29, 1.82) is 0 Å². The molecule has 1 aliphatic heterocycles. The van der Waals surface area contributed by atoms with E-state index in [-0.39, 0.29) is 11.3 Å². The smallest absolute Gasteiger partial charge is 0.226 e. The maximum absolute atomic E-state index is 12.6. The molecule has 1 amide bonds. The standard InChI is InChI=1S/C17H22N2OS/c1-17(16(18)21)7-9-19(10-8-17)15(20)14-11-13(14)12-5-3-2-4-6-12/h2-6,13-14H,7-11H2,1H3,(H2,18,21). The van der Waals surface area contributed by atoms with Crippen LogP contribution in [0.4, 0.5) is 0 Å². The van der Waals surface area contributed by atoms with E-state index in [1.165, 1.54) is 5.56 Å². The number of piperidine rings is 1. The first-order valence-corrected chi connectivity index (χ1v) is 8.06. The van der Waals surface area contributed by atoms with E-state index in [2.05, 4.69) is 19.1 Å². The Morgan fingerprint density at radius 2 is 1.90 bits per heavy atom. The first kappa shape index (κ1) is 14.5. The summed E-state index contributed by atoms with van der Waals surface area (Å²) in [6, 6.07) is 10.4. The Morgan fingerprint density at radius 3 is 2.48 bits per heavy atom. The van der Waals surface area contributed by atoms with E-state index in [1.807, 2.05) is 23.1 Å². The van der Waals surface area contributed by atoms with Gasteiger partial charge in [-0.05, 0) is 30.7 Å². The molecule has 0 aromatic heterocycles. The molecule has 3 nitrogen and oxygen atoms in total. The molecule has 0 bridgehead atoms. The van der Waals surface area contributed by atoms with Crippen molar-refractivity contribution in [3.63, 3.8) is 0 Å². The molecule has 2 atom stereocenters. The van der Waals surface area contributed by atoms with Crippen molar-refractivity contribution in [2.45, 2.75) is 32.1 Å². The molecule has 0 radical (unpaired) electrons. The number of benzene rings is 1. The second-order valence-corrected chi connectivity index (χ2v) is 7.05. The van der Waals surface area contributed by atoms with E-state index >= 15 is 0 Å². The van der Waals surface area contributed by atoms with Gasteiger partial charge >= 0.3 is 0 Å². The Balaban J connectivity index is 1.58. The summed E-state index contributed by atoms with van der Waals surface area (Å²) in [7, 11) is 0. The minimum absolute atomic E-state index is 0.0749. The lowest BCUT2D eigenvalue weighted by molar-refractivity contribution is -0.134. The van der Waals surface area contributed by atoms with E-state index in [0.29, 0.717) is 16.8 Å². The number of amides is 1. The average Bonchev–Trinajstić information content (AvgIpc) is 3.28. The predicted octanol–water partition coefficient (Wildman–Crippen LogP) is 2.70. The van der Waals surface area contributed by atoms with E-state index in [1.54, 1.807) is 0 Å². The molecule has 4 heteroatoms. The molecule has 2 N–H and O–H groups in total. The van der Waals surface area contributed by atoms with Crippen LogP contribution in [0, 0.1) is 11.3 Å². The zero-order chi connectivity index (χ0) is 15.0. The molecule has 21 heavy (non-hydrogen) atoms. The van der Waals surface area contributed by atoms with E-state index in [4.69, 9.17) is 18.0 Å². The molecule has 1 aromatic carbocycles. The molecule has 1 aliphatic carbocycles. The number of likely N-dealkylation sites (tertiary alicyclic amines) is 1. The van der Waals surface area contributed by atoms with Crippen molar-refractivity contribution >= 4 is 23.1 Å². The van der Waals surface area contributed by atoms with Gasteiger partial charge in [-0.3, -0.25) is 4.79 Å². The van der Waals surface area contributed by atoms with Gasteiger partial charge in [-0.25, -0.2) is 0 Å². The van der Waals surface area contributed by atoms with Crippen LogP contribution >= 0.6 is 12.2 Å². The number of carbonyl (C=O) groups excluding carboxylic acids is 1. The molecular formula is C17H22N2OS. The molecule has 3 rings (SSSR count). The second-order valence-electron chi connectivity index (χ2n) is 6.61. The van der Waals surface area contributed by atoms with Crippen LogP contribution in [0.1, 0.15) is 37.7 Å². The van der Waals surface area contributed by atoms with Crippen molar-refractivity contribution in [1.82, 2.24) is 4.90 Å². The largest absolute Gasteiger partial charge is 0.393 e. The van der Waals surface area contributed by atoms with E-state index < -0.39 is 0 Å². The zero-order valence-electron chi connectivity index (χ0n) is 12.4. The molecule has 1 saturated carbocycles. The van der Waals surface area contributed by atoms with Crippen LogP contribution < -0.4 is 5.73 Å². The number of thiocarbonyl (C=S) groups is 1. The number of rotatable bonds is 3. The molecule has 1 aromatic rings. The van der Waals surface area contributed by atoms with Crippen molar-refractivity contribution in [3.05, 3.63) is 35.9 Å². The predicted molar refractivity (Wildman–Crippen MR) is 88.0 cm³/mol. The van der Waals surface area contributed by atoms with Crippen LogP contribution in [-0.4, -0.2) is 28.9 Å². The van der Waals surface area contributed by atoms with Gasteiger partial charge in [0, 0.05) is 24.4 Å². The fourth-order valence-corrected chi connectivity index (χ4v) is 3.44. The third-order valence-corrected chi connectivity index (χ3v) is 5.60. The third-order valence-electron chi connectivity index (χ3n) is 5.11. The number of nitrogens with two attached hydrogens (primary N) is 1. The number of hydrogen-bond acceptors (Lipinski definition) is 2. The zero-order valence-corrected chi connectivity index (χ0v) is 13.2. The monoisotopic (exact) mass is 302 g/mol. The summed E-state index contributed by atoms with van der Waals surface area (Å²) in [6.45, 7) is 3.68. The number of hydrogen-bond donors (Lipinski definition) is 1. The van der Waals surface area contributed by atoms with Crippen molar-refractivity contribution in [2.24, 2.45) is 17.1 Å². The lowest BCUT2D eigenvalue weighted by Crippen LogP contribution is -2.47. The summed E-state index contributed by atoms with van der Waals surface area (Å²) in [4.78, 5) is 15.2. The van der Waals surface area contributed by atoms with Crippen molar-refractivity contribution in [3.8, 4) is 0 Å². The van der Waals surface area contributed by atoms with Gasteiger partial charge < -0.3 is 10.6 Å². The SMILES string of the molecule is CC1(C(N)=S)CCN(C(=O)C2CC2c2ccccc2)CC1. The van der Waals surface area contributed by atoms with E-state index in [9.17, 15) is 4.79 Å². The van der Waals surface area contributed by atoms with Crippen LogP contribution in [0.2, 0.25) is 0 Å². The first-order chi connectivity index (χ1) is 10.0. The Kier molecular flexibility index (Phi) is 3.74. The maximum atomic E-state index is 12.6. The Hall–Kier alpha value is -1.42. The summed E-state index contributed by atoms with van der Waals surface area (Å²) in [5, 5.41) is 0. The minimum Gasteiger partial charge on any atom is -0.393 e. The highest BCUT2D eigenvalue weighted by Gasteiger charge is 2.46. The molecule has 1 saturated heterocycles. The minimum atomic E-state index is -0.0749. The summed E-state index contributed by atoms with van der Waals surface area (Å²) >= 11 is 5.15. The molecule has 2 fully saturated rings. The lowest BCUT2D eigenvalue weighted by Gasteiger charge is -2.38. The highest BCUT2D eigenvalue weighted by Crippen LogP contribution is 2.49. The topological polar surface area (TPSA) is 46.3 Å². The Morgan fingerprint density at radius 1 is 1.29 bits per heavy atom. The van der Waals surface area contributed by atoms with Crippen molar-refractivity contribution in [2.75, 3.05) is 13.1 Å². The van der Waals surface area contributed by atoms with Crippen LogP contribution in [0.5, 0.6) is 0 Å². The maximum Gasteiger partial charge on any atom is 0.226 e. The van der Waals surface area contributed by atoms with Crippen LogP contribution in [0.15, 0.2) is 30.3 Å². The van der Waals surface area contributed by atoms with Gasteiger partial charge in [0.25, 0.3) is 0 Å². The summed E-state index contributed by atoms with van der Waals surface area (Å²) in [5.41, 5.74) is 7.04. The normalized spacial score (nSPS) is 27.2. The Labute approximate surface area is 131 Å². The molecule has 1 heterocycles. The third kappa shape index (κ3) is 2.82. The number of nitrogens with zero attached hydrogens (tertiary/aromatic N) is 1. The van der Waals surface area contributed by atoms with E-state index in [0.717, 1.165) is 32.4 Å². The van der Waals surface area contributed by atoms with Crippen LogP contribution in [0.25, 0.3) is 0 Å². The number of carbonyl (C=O) groups is 1. The highest BCUT2D eigenvalue weighted by molar-refractivity contribution is 7.80. The van der Waals surface area contributed by atoms with Gasteiger partial charge in [-0.15, -0.1) is 0 Å². The van der Waals surface area contributed by atoms with Gasteiger partial charge in [0.05, 0.1) is 4.99 Å². The first-order valence-electron chi connectivity index (χ1n) is 7.65.